The third kappa shape index (κ3) is 2.38. The van der Waals surface area contributed by atoms with E-state index < -0.39 is 0 Å². The van der Waals surface area contributed by atoms with Crippen LogP contribution in [-0.4, -0.2) is 17.2 Å². The molecule has 0 aliphatic carbocycles. The van der Waals surface area contributed by atoms with E-state index in [0.29, 0.717) is 6.04 Å². The zero-order valence-electron chi connectivity index (χ0n) is 12.8. The number of fused-ring (bicyclic) bond motifs is 2. The Hall–Kier alpha value is -2.26. The van der Waals surface area contributed by atoms with E-state index in [1.807, 2.05) is 6.07 Å². The van der Waals surface area contributed by atoms with E-state index in [4.69, 9.17) is 4.74 Å². The fraction of sp³-hybridized carbons (Fsp3) is 0.263. The lowest BCUT2D eigenvalue weighted by Gasteiger charge is -2.26. The second kappa shape index (κ2) is 5.50. The molecule has 3 heteroatoms. The fourth-order valence-corrected chi connectivity index (χ4v) is 3.28. The van der Waals surface area contributed by atoms with Gasteiger partial charge in [0.05, 0.1) is 0 Å². The van der Waals surface area contributed by atoms with Crippen molar-refractivity contribution < 1.29 is 4.74 Å². The van der Waals surface area contributed by atoms with Crippen LogP contribution in [0.4, 0.5) is 0 Å². The molecule has 0 fully saturated rings. The van der Waals surface area contributed by atoms with E-state index in [2.05, 4.69) is 65.6 Å². The number of aryl methyl sites for hydroxylation is 1. The molecule has 0 radical (unpaired) electrons. The third-order valence-corrected chi connectivity index (χ3v) is 4.44. The normalized spacial score (nSPS) is 17.2. The minimum atomic E-state index is 0.369. The molecule has 0 spiro atoms. The highest BCUT2D eigenvalue weighted by molar-refractivity contribution is 5.83. The van der Waals surface area contributed by atoms with Crippen molar-refractivity contribution in [2.45, 2.75) is 19.0 Å². The highest BCUT2D eigenvalue weighted by Gasteiger charge is 2.19. The molecule has 22 heavy (non-hydrogen) atoms. The topological polar surface area (TPSA) is 26.2 Å². The molecule has 112 valence electrons. The van der Waals surface area contributed by atoms with Crippen molar-refractivity contribution in [1.29, 1.82) is 0 Å². The van der Waals surface area contributed by atoms with Crippen LogP contribution in [0.15, 0.2) is 54.7 Å². The molecule has 0 amide bonds. The van der Waals surface area contributed by atoms with Gasteiger partial charge in [-0.05, 0) is 29.7 Å². The van der Waals surface area contributed by atoms with E-state index in [0.717, 1.165) is 25.3 Å². The van der Waals surface area contributed by atoms with E-state index in [9.17, 15) is 0 Å². The van der Waals surface area contributed by atoms with Gasteiger partial charge < -0.3 is 14.6 Å². The average molecular weight is 292 g/mol. The first-order valence-electron chi connectivity index (χ1n) is 7.78. The molecule has 1 aliphatic heterocycles. The summed E-state index contributed by atoms with van der Waals surface area (Å²) in [6, 6.07) is 17.2. The molecule has 1 aromatic heterocycles. The molecule has 1 unspecified atom stereocenters. The van der Waals surface area contributed by atoms with Crippen molar-refractivity contribution in [2.24, 2.45) is 7.05 Å². The quantitative estimate of drug-likeness (QED) is 0.802. The molecule has 1 N–H and O–H groups in total. The van der Waals surface area contributed by atoms with Gasteiger partial charge in [0.15, 0.2) is 0 Å². The molecule has 0 saturated heterocycles. The first-order valence-corrected chi connectivity index (χ1v) is 7.78. The minimum Gasteiger partial charge on any atom is -0.492 e. The standard InChI is InChI=1S/C19H20N2O/c1-21-12-15(17-7-3-4-8-18(17)21)11-20-16-10-14-6-2-5-9-19(14)22-13-16/h2-9,12,16,20H,10-11,13H2,1H3. The van der Waals surface area contributed by atoms with Gasteiger partial charge in [-0.25, -0.2) is 0 Å². The summed E-state index contributed by atoms with van der Waals surface area (Å²) >= 11 is 0. The lowest BCUT2D eigenvalue weighted by molar-refractivity contribution is 0.238. The smallest absolute Gasteiger partial charge is 0.122 e. The Bertz CT molecular complexity index is 806. The maximum atomic E-state index is 5.85. The highest BCUT2D eigenvalue weighted by atomic mass is 16.5. The molecule has 3 nitrogen and oxygen atoms in total. The Morgan fingerprint density at radius 3 is 2.91 bits per heavy atom. The van der Waals surface area contributed by atoms with Crippen molar-refractivity contribution >= 4 is 10.9 Å². The van der Waals surface area contributed by atoms with Crippen molar-refractivity contribution in [2.75, 3.05) is 6.61 Å². The lowest BCUT2D eigenvalue weighted by Crippen LogP contribution is -2.38. The highest BCUT2D eigenvalue weighted by Crippen LogP contribution is 2.25. The van der Waals surface area contributed by atoms with Gasteiger partial charge in [-0.2, -0.15) is 0 Å². The van der Waals surface area contributed by atoms with Gasteiger partial charge in [-0.15, -0.1) is 0 Å². The molecular formula is C19H20N2O. The van der Waals surface area contributed by atoms with Crippen LogP contribution in [0.3, 0.4) is 0 Å². The Balaban J connectivity index is 1.49. The number of hydrogen-bond donors (Lipinski definition) is 1. The van der Waals surface area contributed by atoms with Gasteiger partial charge in [0.25, 0.3) is 0 Å². The summed E-state index contributed by atoms with van der Waals surface area (Å²) in [5.74, 6) is 1.03. The maximum absolute atomic E-state index is 5.85. The zero-order chi connectivity index (χ0) is 14.9. The van der Waals surface area contributed by atoms with E-state index in [-0.39, 0.29) is 0 Å². The molecule has 2 aromatic carbocycles. The Morgan fingerprint density at radius 2 is 1.95 bits per heavy atom. The van der Waals surface area contributed by atoms with Crippen molar-refractivity contribution in [1.82, 2.24) is 9.88 Å². The molecule has 2 heterocycles. The number of ether oxygens (including phenoxy) is 1. The summed E-state index contributed by atoms with van der Waals surface area (Å²) in [5.41, 5.74) is 3.92. The van der Waals surface area contributed by atoms with Crippen LogP contribution in [-0.2, 0) is 20.0 Å². The van der Waals surface area contributed by atoms with Crippen LogP contribution in [0.5, 0.6) is 5.75 Å². The average Bonchev–Trinajstić information content (AvgIpc) is 2.89. The first-order chi connectivity index (χ1) is 10.8. The molecule has 1 atom stereocenters. The molecule has 0 bridgehead atoms. The number of benzene rings is 2. The van der Waals surface area contributed by atoms with Crippen molar-refractivity contribution in [3.63, 3.8) is 0 Å². The number of rotatable bonds is 3. The predicted molar refractivity (Wildman–Crippen MR) is 89.2 cm³/mol. The summed E-state index contributed by atoms with van der Waals surface area (Å²) in [4.78, 5) is 0. The lowest BCUT2D eigenvalue weighted by atomic mass is 10.0. The van der Waals surface area contributed by atoms with Gasteiger partial charge in [0.2, 0.25) is 0 Å². The van der Waals surface area contributed by atoms with Gasteiger partial charge in [-0.3, -0.25) is 0 Å². The molecule has 3 aromatic rings. The van der Waals surface area contributed by atoms with Crippen molar-refractivity contribution in [3.8, 4) is 5.75 Å². The number of aromatic nitrogens is 1. The van der Waals surface area contributed by atoms with Crippen LogP contribution >= 0.6 is 0 Å². The van der Waals surface area contributed by atoms with Crippen LogP contribution in [0.2, 0.25) is 0 Å². The number of hydrogen-bond acceptors (Lipinski definition) is 2. The Morgan fingerprint density at radius 1 is 1.14 bits per heavy atom. The van der Waals surface area contributed by atoms with Crippen LogP contribution in [0.1, 0.15) is 11.1 Å². The first kappa shape index (κ1) is 13.4. The van der Waals surface area contributed by atoms with Crippen LogP contribution < -0.4 is 10.1 Å². The molecule has 1 aliphatic rings. The Labute approximate surface area is 130 Å². The van der Waals surface area contributed by atoms with Gasteiger partial charge in [-0.1, -0.05) is 36.4 Å². The summed E-state index contributed by atoms with van der Waals surface area (Å²) in [6.45, 7) is 1.61. The zero-order valence-corrected chi connectivity index (χ0v) is 12.8. The predicted octanol–water partition coefficient (Wildman–Crippen LogP) is 3.27. The van der Waals surface area contributed by atoms with E-state index in [1.165, 1.54) is 22.0 Å². The Kier molecular flexibility index (Phi) is 3.35. The third-order valence-electron chi connectivity index (χ3n) is 4.44. The van der Waals surface area contributed by atoms with Gasteiger partial charge in [0.1, 0.15) is 12.4 Å². The summed E-state index contributed by atoms with van der Waals surface area (Å²) in [5, 5.41) is 4.97. The second-order valence-electron chi connectivity index (χ2n) is 5.98. The number of nitrogens with one attached hydrogen (secondary N) is 1. The number of para-hydroxylation sites is 2. The summed E-state index contributed by atoms with van der Waals surface area (Å²) in [7, 11) is 2.10. The van der Waals surface area contributed by atoms with Crippen molar-refractivity contribution in [3.05, 3.63) is 65.9 Å². The SMILES string of the molecule is Cn1cc(CNC2COc3ccccc3C2)c2ccccc21. The summed E-state index contributed by atoms with van der Waals surface area (Å²) < 4.78 is 8.04. The van der Waals surface area contributed by atoms with Crippen LogP contribution in [0.25, 0.3) is 10.9 Å². The minimum absolute atomic E-state index is 0.369. The second-order valence-corrected chi connectivity index (χ2v) is 5.98. The van der Waals surface area contributed by atoms with Gasteiger partial charge >= 0.3 is 0 Å². The summed E-state index contributed by atoms with van der Waals surface area (Å²) in [6.07, 6.45) is 3.25. The molecule has 4 rings (SSSR count). The maximum Gasteiger partial charge on any atom is 0.122 e. The molecular weight excluding hydrogens is 272 g/mol. The largest absolute Gasteiger partial charge is 0.492 e. The molecule has 0 saturated carbocycles. The van der Waals surface area contributed by atoms with Gasteiger partial charge in [0, 0.05) is 36.7 Å². The fourth-order valence-electron chi connectivity index (χ4n) is 3.28. The number of nitrogens with zero attached hydrogens (tertiary/aromatic N) is 1. The monoisotopic (exact) mass is 292 g/mol. The van der Waals surface area contributed by atoms with E-state index in [1.54, 1.807) is 0 Å². The van der Waals surface area contributed by atoms with Crippen LogP contribution in [0, 0.1) is 0 Å². The van der Waals surface area contributed by atoms with E-state index >= 15 is 0 Å².